The molecule has 0 saturated heterocycles. The Morgan fingerprint density at radius 2 is 2.38 bits per heavy atom. The lowest BCUT2D eigenvalue weighted by Crippen LogP contribution is -2.22. The van der Waals surface area contributed by atoms with Crippen LogP contribution in [-0.2, 0) is 14.4 Å². The predicted molar refractivity (Wildman–Crippen MR) is 44.1 cm³/mol. The van der Waals surface area contributed by atoms with Crippen LogP contribution >= 0.6 is 0 Å². The Morgan fingerprint density at radius 3 is 2.77 bits per heavy atom. The van der Waals surface area contributed by atoms with Gasteiger partial charge in [0.05, 0.1) is 18.1 Å². The van der Waals surface area contributed by atoms with Crippen molar-refractivity contribution in [3.63, 3.8) is 0 Å². The Kier molecular flexibility index (Phi) is 2.65. The van der Waals surface area contributed by atoms with E-state index in [0.717, 1.165) is 0 Å². The molecule has 0 spiro atoms. The van der Waals surface area contributed by atoms with Crippen molar-refractivity contribution >= 4 is 17.7 Å². The summed E-state index contributed by atoms with van der Waals surface area (Å²) >= 11 is 0. The highest BCUT2D eigenvalue weighted by Gasteiger charge is 2.32. The second-order valence-electron chi connectivity index (χ2n) is 3.15. The van der Waals surface area contributed by atoms with E-state index in [1.807, 2.05) is 0 Å². The van der Waals surface area contributed by atoms with E-state index in [9.17, 15) is 9.59 Å². The molecule has 0 bridgehead atoms. The molecule has 0 radical (unpaired) electrons. The minimum absolute atomic E-state index is 0.0280. The molecule has 13 heavy (non-hydrogen) atoms. The molecule has 1 aliphatic rings. The summed E-state index contributed by atoms with van der Waals surface area (Å²) in [6, 6.07) is 0. The molecule has 0 aromatic carbocycles. The molecule has 2 unspecified atom stereocenters. The maximum Gasteiger partial charge on any atom is 0.343 e. The fraction of sp³-hybridized carbons (Fsp3) is 0.625. The average Bonchev–Trinajstić information content (AvgIpc) is 2.31. The number of oxime groups is 1. The zero-order valence-electron chi connectivity index (χ0n) is 7.48. The van der Waals surface area contributed by atoms with Crippen molar-refractivity contribution in [2.45, 2.75) is 20.3 Å². The molecule has 1 heterocycles. The number of hydrogen-bond donors (Lipinski definition) is 1. The zero-order valence-corrected chi connectivity index (χ0v) is 7.48. The summed E-state index contributed by atoms with van der Waals surface area (Å²) < 4.78 is 0. The Labute approximate surface area is 75.4 Å². The zero-order chi connectivity index (χ0) is 10.0. The van der Waals surface area contributed by atoms with Crippen molar-refractivity contribution in [3.8, 4) is 0 Å². The first-order valence-electron chi connectivity index (χ1n) is 4.02. The third-order valence-corrected chi connectivity index (χ3v) is 2.02. The van der Waals surface area contributed by atoms with Gasteiger partial charge in [0.25, 0.3) is 0 Å². The van der Waals surface area contributed by atoms with Gasteiger partial charge in [-0.25, -0.2) is 4.79 Å². The summed E-state index contributed by atoms with van der Waals surface area (Å²) in [5.74, 6) is -1.97. The molecule has 0 fully saturated rings. The number of rotatable bonds is 3. The van der Waals surface area contributed by atoms with Gasteiger partial charge in [-0.2, -0.15) is 0 Å². The number of aliphatic carboxylic acids is 1. The SMILES string of the molecule is CC(CC(=O)O)C1=NOC(=O)C1C. The van der Waals surface area contributed by atoms with E-state index in [1.165, 1.54) is 0 Å². The predicted octanol–water partition coefficient (Wildman–Crippen LogP) is 0.646. The maximum absolute atomic E-state index is 10.9. The van der Waals surface area contributed by atoms with Crippen LogP contribution in [0.5, 0.6) is 0 Å². The summed E-state index contributed by atoms with van der Waals surface area (Å²) in [6.07, 6.45) is -0.0280. The molecule has 0 aromatic heterocycles. The Balaban J connectivity index is 2.62. The largest absolute Gasteiger partial charge is 0.481 e. The molecule has 0 aromatic rings. The highest BCUT2D eigenvalue weighted by Crippen LogP contribution is 2.19. The maximum atomic E-state index is 10.9. The number of carbonyl (C=O) groups excluding carboxylic acids is 1. The summed E-state index contributed by atoms with van der Waals surface area (Å²) in [6.45, 7) is 3.37. The highest BCUT2D eigenvalue weighted by molar-refractivity contribution is 6.06. The topological polar surface area (TPSA) is 76.0 Å². The summed E-state index contributed by atoms with van der Waals surface area (Å²) in [5, 5.41) is 12.1. The summed E-state index contributed by atoms with van der Waals surface area (Å²) in [5.41, 5.74) is 0.521. The molecular formula is C8H11NO4. The van der Waals surface area contributed by atoms with Crippen molar-refractivity contribution in [1.29, 1.82) is 0 Å². The Hall–Kier alpha value is -1.39. The van der Waals surface area contributed by atoms with Crippen molar-refractivity contribution in [3.05, 3.63) is 0 Å². The first kappa shape index (κ1) is 9.70. The lowest BCUT2D eigenvalue weighted by Gasteiger charge is -2.08. The Bertz CT molecular complexity index is 271. The van der Waals surface area contributed by atoms with E-state index >= 15 is 0 Å². The van der Waals surface area contributed by atoms with Crippen molar-refractivity contribution < 1.29 is 19.5 Å². The van der Waals surface area contributed by atoms with Gasteiger partial charge >= 0.3 is 11.9 Å². The fourth-order valence-electron chi connectivity index (χ4n) is 1.26. The van der Waals surface area contributed by atoms with Gasteiger partial charge in [-0.3, -0.25) is 4.79 Å². The van der Waals surface area contributed by atoms with Gasteiger partial charge in [-0.05, 0) is 6.92 Å². The normalized spacial score (nSPS) is 23.7. The number of carboxylic acids is 1. The van der Waals surface area contributed by atoms with Crippen LogP contribution in [0.15, 0.2) is 5.16 Å². The van der Waals surface area contributed by atoms with Gasteiger partial charge in [-0.15, -0.1) is 0 Å². The van der Waals surface area contributed by atoms with Gasteiger partial charge in [-0.1, -0.05) is 12.1 Å². The van der Waals surface area contributed by atoms with E-state index in [0.29, 0.717) is 5.71 Å². The molecule has 1 aliphatic heterocycles. The van der Waals surface area contributed by atoms with E-state index in [2.05, 4.69) is 9.99 Å². The number of carboxylic acid groups (broad SMARTS) is 1. The number of nitrogens with zero attached hydrogens (tertiary/aromatic N) is 1. The molecule has 0 amide bonds. The van der Waals surface area contributed by atoms with E-state index < -0.39 is 17.9 Å². The smallest absolute Gasteiger partial charge is 0.343 e. The van der Waals surface area contributed by atoms with Crippen LogP contribution in [0, 0.1) is 11.8 Å². The van der Waals surface area contributed by atoms with Crippen molar-refractivity contribution in [1.82, 2.24) is 0 Å². The Morgan fingerprint density at radius 1 is 1.77 bits per heavy atom. The average molecular weight is 185 g/mol. The number of hydrogen-bond acceptors (Lipinski definition) is 4. The molecule has 1 N–H and O–H groups in total. The molecular weight excluding hydrogens is 174 g/mol. The molecule has 5 nitrogen and oxygen atoms in total. The highest BCUT2D eigenvalue weighted by atomic mass is 16.7. The molecule has 72 valence electrons. The third-order valence-electron chi connectivity index (χ3n) is 2.02. The second kappa shape index (κ2) is 3.55. The minimum Gasteiger partial charge on any atom is -0.481 e. The molecule has 0 saturated carbocycles. The minimum atomic E-state index is -0.901. The lowest BCUT2D eigenvalue weighted by atomic mass is 9.93. The van der Waals surface area contributed by atoms with Crippen molar-refractivity contribution in [2.75, 3.05) is 0 Å². The van der Waals surface area contributed by atoms with Crippen LogP contribution in [0.1, 0.15) is 20.3 Å². The summed E-state index contributed by atoms with van der Waals surface area (Å²) in [7, 11) is 0. The van der Waals surface area contributed by atoms with E-state index in [1.54, 1.807) is 13.8 Å². The van der Waals surface area contributed by atoms with Gasteiger partial charge < -0.3 is 9.94 Å². The van der Waals surface area contributed by atoms with E-state index in [-0.39, 0.29) is 12.3 Å². The lowest BCUT2D eigenvalue weighted by molar-refractivity contribution is -0.143. The van der Waals surface area contributed by atoms with Gasteiger partial charge in [0.1, 0.15) is 0 Å². The van der Waals surface area contributed by atoms with E-state index in [4.69, 9.17) is 5.11 Å². The molecule has 1 rings (SSSR count). The van der Waals surface area contributed by atoms with Crippen LogP contribution in [-0.4, -0.2) is 22.8 Å². The van der Waals surface area contributed by atoms with Gasteiger partial charge in [0.15, 0.2) is 0 Å². The number of carbonyl (C=O) groups is 2. The van der Waals surface area contributed by atoms with Crippen LogP contribution in [0.4, 0.5) is 0 Å². The van der Waals surface area contributed by atoms with Crippen LogP contribution in [0.2, 0.25) is 0 Å². The van der Waals surface area contributed by atoms with Gasteiger partial charge in [0, 0.05) is 5.92 Å². The second-order valence-corrected chi connectivity index (χ2v) is 3.15. The molecule has 5 heteroatoms. The first-order chi connectivity index (χ1) is 6.02. The standard InChI is InChI=1S/C8H11NO4/c1-4(3-6(10)11)7-5(2)8(12)13-9-7/h4-5H,3H2,1-2H3,(H,10,11). The molecule has 2 atom stereocenters. The fourth-order valence-corrected chi connectivity index (χ4v) is 1.26. The molecule has 0 aliphatic carbocycles. The monoisotopic (exact) mass is 185 g/mol. The first-order valence-corrected chi connectivity index (χ1v) is 4.02. The third kappa shape index (κ3) is 2.05. The summed E-state index contributed by atoms with van der Waals surface area (Å²) in [4.78, 5) is 25.7. The van der Waals surface area contributed by atoms with Crippen molar-refractivity contribution in [2.24, 2.45) is 17.0 Å². The van der Waals surface area contributed by atoms with Gasteiger partial charge in [0.2, 0.25) is 0 Å². The quantitative estimate of drug-likeness (QED) is 0.655. The van der Waals surface area contributed by atoms with Crippen LogP contribution in [0.25, 0.3) is 0 Å². The van der Waals surface area contributed by atoms with Crippen LogP contribution < -0.4 is 0 Å². The van der Waals surface area contributed by atoms with Crippen LogP contribution in [0.3, 0.4) is 0 Å².